The molecule has 0 radical (unpaired) electrons. The first-order valence-electron chi connectivity index (χ1n) is 6.33. The highest BCUT2D eigenvalue weighted by atomic mass is 32.1. The van der Waals surface area contributed by atoms with Crippen LogP contribution in [0.5, 0.6) is 0 Å². The lowest BCUT2D eigenvalue weighted by Gasteiger charge is -2.08. The van der Waals surface area contributed by atoms with Gasteiger partial charge in [0.2, 0.25) is 0 Å². The molecule has 0 saturated heterocycles. The molecule has 0 aliphatic carbocycles. The number of nitrogens with one attached hydrogen (secondary N) is 1. The number of thiophene rings is 1. The second kappa shape index (κ2) is 6.54. The Morgan fingerprint density at radius 2 is 2.14 bits per heavy atom. The first-order chi connectivity index (χ1) is 9.93. The molecule has 21 heavy (non-hydrogen) atoms. The van der Waals surface area contributed by atoms with Crippen LogP contribution in [0.25, 0.3) is 10.2 Å². The van der Waals surface area contributed by atoms with E-state index in [0.29, 0.717) is 11.6 Å². The number of nitrogens with zero attached hydrogens (tertiary/aromatic N) is 2. The van der Waals surface area contributed by atoms with Crippen LogP contribution in [0.2, 0.25) is 0 Å². The van der Waals surface area contributed by atoms with Crippen molar-refractivity contribution < 1.29 is 17.9 Å². The maximum Gasteiger partial charge on any atom is 0.411 e. The summed E-state index contributed by atoms with van der Waals surface area (Å²) in [6.07, 6.45) is -3.26. The van der Waals surface area contributed by atoms with Crippen LogP contribution in [0.3, 0.4) is 0 Å². The molecule has 3 N–H and O–H groups in total. The number of hydrazine groups is 1. The monoisotopic (exact) mass is 320 g/mol. The molecule has 0 fully saturated rings. The largest absolute Gasteiger partial charge is 0.411 e. The standard InChI is InChI=1S/C12H15F3N4OS/c1-2-7-5-8-10(19-16)17-9(18-11(8)21-7)3-4-20-6-12(13,14)15/h5H,2-4,6,16H2,1H3,(H,17,18,19). The molecule has 2 rings (SSSR count). The molecular formula is C12H15F3N4OS. The van der Waals surface area contributed by atoms with Crippen LogP contribution < -0.4 is 11.3 Å². The Morgan fingerprint density at radius 1 is 1.38 bits per heavy atom. The number of alkyl halides is 3. The van der Waals surface area contributed by atoms with E-state index < -0.39 is 12.8 Å². The third-order valence-electron chi connectivity index (χ3n) is 2.71. The van der Waals surface area contributed by atoms with Crippen LogP contribution in [0.4, 0.5) is 19.0 Å². The zero-order valence-electron chi connectivity index (χ0n) is 11.3. The molecule has 9 heteroatoms. The van der Waals surface area contributed by atoms with Gasteiger partial charge in [0.25, 0.3) is 0 Å². The van der Waals surface area contributed by atoms with Crippen molar-refractivity contribution in [1.29, 1.82) is 0 Å². The summed E-state index contributed by atoms with van der Waals surface area (Å²) in [6.45, 7) is 0.664. The van der Waals surface area contributed by atoms with Gasteiger partial charge in [-0.15, -0.1) is 11.3 Å². The number of rotatable bonds is 6. The minimum Gasteiger partial charge on any atom is -0.372 e. The number of hydrogen-bond donors (Lipinski definition) is 2. The average Bonchev–Trinajstić information content (AvgIpc) is 2.84. The summed E-state index contributed by atoms with van der Waals surface area (Å²) in [5.41, 5.74) is 2.50. The highest BCUT2D eigenvalue weighted by Gasteiger charge is 2.27. The maximum absolute atomic E-state index is 12.0. The molecule has 0 atom stereocenters. The normalized spacial score (nSPS) is 12.0. The van der Waals surface area contributed by atoms with Crippen LogP contribution in [0, 0.1) is 0 Å². The smallest absolute Gasteiger partial charge is 0.372 e. The second-order valence-corrected chi connectivity index (χ2v) is 5.45. The molecule has 5 nitrogen and oxygen atoms in total. The highest BCUT2D eigenvalue weighted by Crippen LogP contribution is 2.29. The SMILES string of the molecule is CCc1cc2c(NN)nc(CCOCC(F)(F)F)nc2s1. The Morgan fingerprint density at radius 3 is 2.76 bits per heavy atom. The van der Waals surface area contributed by atoms with E-state index in [-0.39, 0.29) is 13.0 Å². The molecule has 0 amide bonds. The Labute approximate surface area is 123 Å². The molecule has 116 valence electrons. The van der Waals surface area contributed by atoms with Gasteiger partial charge >= 0.3 is 6.18 Å². The van der Waals surface area contributed by atoms with Crippen LogP contribution in [0.15, 0.2) is 6.07 Å². The molecule has 2 aromatic heterocycles. The highest BCUT2D eigenvalue weighted by molar-refractivity contribution is 7.18. The number of halogens is 3. The van der Waals surface area contributed by atoms with Gasteiger partial charge in [-0.3, -0.25) is 0 Å². The fourth-order valence-electron chi connectivity index (χ4n) is 1.76. The zero-order chi connectivity index (χ0) is 15.5. The number of ether oxygens (including phenoxy) is 1. The van der Waals surface area contributed by atoms with E-state index in [9.17, 15) is 13.2 Å². The number of nitrogen functional groups attached to an aromatic ring is 1. The summed E-state index contributed by atoms with van der Waals surface area (Å²) in [5.74, 6) is 6.31. The molecule has 0 aliphatic rings. The first-order valence-corrected chi connectivity index (χ1v) is 7.15. The van der Waals surface area contributed by atoms with Crippen LogP contribution >= 0.6 is 11.3 Å². The number of aromatic nitrogens is 2. The van der Waals surface area contributed by atoms with Crippen molar-refractivity contribution in [2.24, 2.45) is 5.84 Å². The van der Waals surface area contributed by atoms with Gasteiger partial charge in [-0.25, -0.2) is 15.8 Å². The van der Waals surface area contributed by atoms with E-state index in [2.05, 4.69) is 20.1 Å². The second-order valence-electron chi connectivity index (χ2n) is 4.34. The summed E-state index contributed by atoms with van der Waals surface area (Å²) in [4.78, 5) is 10.4. The quantitative estimate of drug-likeness (QED) is 0.486. The topological polar surface area (TPSA) is 73.1 Å². The van der Waals surface area contributed by atoms with Crippen molar-refractivity contribution in [3.8, 4) is 0 Å². The lowest BCUT2D eigenvalue weighted by atomic mass is 10.3. The number of hydrogen-bond acceptors (Lipinski definition) is 6. The predicted octanol–water partition coefficient (Wildman–Crippen LogP) is 2.66. The molecule has 0 saturated carbocycles. The van der Waals surface area contributed by atoms with Gasteiger partial charge in [-0.2, -0.15) is 13.2 Å². The van der Waals surface area contributed by atoms with E-state index in [1.807, 2.05) is 13.0 Å². The van der Waals surface area contributed by atoms with Gasteiger partial charge in [-0.05, 0) is 12.5 Å². The Balaban J connectivity index is 2.09. The van der Waals surface area contributed by atoms with E-state index in [1.165, 1.54) is 11.3 Å². The van der Waals surface area contributed by atoms with Crippen molar-refractivity contribution >= 4 is 27.4 Å². The lowest BCUT2D eigenvalue weighted by Crippen LogP contribution is -2.18. The van der Waals surface area contributed by atoms with Gasteiger partial charge < -0.3 is 10.2 Å². The van der Waals surface area contributed by atoms with Crippen molar-refractivity contribution in [1.82, 2.24) is 9.97 Å². The summed E-state index contributed by atoms with van der Waals surface area (Å²) < 4.78 is 40.5. The summed E-state index contributed by atoms with van der Waals surface area (Å²) >= 11 is 1.52. The third-order valence-corrected chi connectivity index (χ3v) is 3.88. The number of anilines is 1. The molecular weight excluding hydrogens is 305 g/mol. The van der Waals surface area contributed by atoms with E-state index in [0.717, 1.165) is 21.5 Å². The molecule has 2 aromatic rings. The maximum atomic E-state index is 12.0. The Hall–Kier alpha value is -1.45. The molecule has 0 spiro atoms. The summed E-state index contributed by atoms with van der Waals surface area (Å²) in [5, 5.41) is 0.819. The first kappa shape index (κ1) is 15.9. The Kier molecular flexibility index (Phi) is 4.96. The summed E-state index contributed by atoms with van der Waals surface area (Å²) in [7, 11) is 0. The summed E-state index contributed by atoms with van der Waals surface area (Å²) in [6, 6.07) is 1.96. The number of nitrogens with two attached hydrogens (primary N) is 1. The predicted molar refractivity (Wildman–Crippen MR) is 75.2 cm³/mol. The molecule has 0 unspecified atom stereocenters. The number of fused-ring (bicyclic) bond motifs is 1. The molecule has 0 aromatic carbocycles. The van der Waals surface area contributed by atoms with Crippen molar-refractivity contribution in [3.05, 3.63) is 16.8 Å². The fraction of sp³-hybridized carbons (Fsp3) is 0.500. The van der Waals surface area contributed by atoms with Gasteiger partial charge in [0.1, 0.15) is 17.3 Å². The van der Waals surface area contributed by atoms with Gasteiger partial charge in [-0.1, -0.05) is 6.92 Å². The zero-order valence-corrected chi connectivity index (χ0v) is 12.1. The number of aryl methyl sites for hydroxylation is 1. The van der Waals surface area contributed by atoms with Crippen LogP contribution in [-0.4, -0.2) is 29.4 Å². The average molecular weight is 320 g/mol. The van der Waals surface area contributed by atoms with Gasteiger partial charge in [0, 0.05) is 11.3 Å². The minimum absolute atomic E-state index is 0.0962. The van der Waals surface area contributed by atoms with Gasteiger partial charge in [0.05, 0.1) is 12.0 Å². The lowest BCUT2D eigenvalue weighted by molar-refractivity contribution is -0.173. The van der Waals surface area contributed by atoms with Crippen LogP contribution in [0.1, 0.15) is 17.6 Å². The van der Waals surface area contributed by atoms with Crippen molar-refractivity contribution in [2.45, 2.75) is 25.9 Å². The molecule has 0 bridgehead atoms. The molecule has 0 aliphatic heterocycles. The van der Waals surface area contributed by atoms with Crippen LogP contribution in [-0.2, 0) is 17.6 Å². The third kappa shape index (κ3) is 4.26. The fourth-order valence-corrected chi connectivity index (χ4v) is 2.75. The van der Waals surface area contributed by atoms with E-state index in [4.69, 9.17) is 5.84 Å². The Bertz CT molecular complexity index is 614. The van der Waals surface area contributed by atoms with E-state index in [1.54, 1.807) is 0 Å². The van der Waals surface area contributed by atoms with Gasteiger partial charge in [0.15, 0.2) is 5.82 Å². The van der Waals surface area contributed by atoms with E-state index >= 15 is 0 Å². The van der Waals surface area contributed by atoms with Crippen molar-refractivity contribution in [2.75, 3.05) is 18.6 Å². The van der Waals surface area contributed by atoms with Crippen molar-refractivity contribution in [3.63, 3.8) is 0 Å². The molecule has 2 heterocycles. The minimum atomic E-state index is -4.32.